The Morgan fingerprint density at radius 1 is 0.839 bits per heavy atom. The lowest BCUT2D eigenvalue weighted by Crippen LogP contribution is -2.25. The van der Waals surface area contributed by atoms with Crippen LogP contribution in [-0.4, -0.2) is 30.9 Å². The largest absolute Gasteiger partial charge is 0.496 e. The highest BCUT2D eigenvalue weighted by Crippen LogP contribution is 2.62. The van der Waals surface area contributed by atoms with Crippen LogP contribution in [0, 0.1) is 20.8 Å². The quantitative estimate of drug-likeness (QED) is 0.470. The number of rotatable bonds is 7. The minimum atomic E-state index is -4.01. The first-order valence-corrected chi connectivity index (χ1v) is 12.5. The number of aryl methyl sites for hydroxylation is 3. The van der Waals surface area contributed by atoms with Gasteiger partial charge in [-0.2, -0.15) is 0 Å². The molecule has 2 aromatic carbocycles. The van der Waals surface area contributed by atoms with Crippen LogP contribution in [0.3, 0.4) is 0 Å². The highest BCUT2D eigenvalue weighted by molar-refractivity contribution is 7.96. The van der Waals surface area contributed by atoms with Gasteiger partial charge in [-0.1, -0.05) is 43.0 Å². The first-order chi connectivity index (χ1) is 14.7. The summed E-state index contributed by atoms with van der Waals surface area (Å²) < 4.78 is 25.5. The number of hydrogen-bond acceptors (Lipinski definition) is 5. The summed E-state index contributed by atoms with van der Waals surface area (Å²) in [7, 11) is -1.10. The fourth-order valence-corrected chi connectivity index (χ4v) is 7.96. The van der Waals surface area contributed by atoms with Gasteiger partial charge >= 0.3 is 0 Å². The van der Waals surface area contributed by atoms with Crippen molar-refractivity contribution in [3.05, 3.63) is 58.1 Å². The first-order valence-electron chi connectivity index (χ1n) is 10.7. The minimum absolute atomic E-state index is 0.0946. The van der Waals surface area contributed by atoms with Crippen LogP contribution in [0.5, 0.6) is 11.5 Å². The van der Waals surface area contributed by atoms with Crippen LogP contribution in [0.15, 0.2) is 30.3 Å². The number of carbonyl (C=O) groups excluding carboxylic acids is 2. The number of carbonyl (C=O) groups is 2. The summed E-state index contributed by atoms with van der Waals surface area (Å²) >= 11 is 0. The van der Waals surface area contributed by atoms with E-state index < -0.39 is 23.8 Å². The summed E-state index contributed by atoms with van der Waals surface area (Å²) in [6.07, 6.45) is 3.97. The molecule has 0 spiro atoms. The molecule has 3 rings (SSSR count). The Morgan fingerprint density at radius 2 is 1.32 bits per heavy atom. The molecule has 1 aliphatic carbocycles. The molecule has 1 atom stereocenters. The van der Waals surface area contributed by atoms with Crippen molar-refractivity contribution in [2.45, 2.75) is 58.5 Å². The number of benzene rings is 2. The van der Waals surface area contributed by atoms with Crippen molar-refractivity contribution in [3.63, 3.8) is 0 Å². The van der Waals surface area contributed by atoms with E-state index in [1.54, 1.807) is 18.2 Å². The zero-order valence-electron chi connectivity index (χ0n) is 19.0. The molecule has 2 aromatic rings. The van der Waals surface area contributed by atoms with Crippen LogP contribution < -0.4 is 9.47 Å². The molecule has 166 valence electrons. The lowest BCUT2D eigenvalue weighted by atomic mass is 10.0. The Labute approximate surface area is 184 Å². The van der Waals surface area contributed by atoms with Gasteiger partial charge < -0.3 is 14.0 Å². The monoisotopic (exact) mass is 442 g/mol. The SMILES string of the molecule is COc1cccc(OC)c1C(=O)P(=O)(C(=O)c1c(C)cc(C)cc1C)C1CCCCC1. The van der Waals surface area contributed by atoms with Crippen molar-refractivity contribution >= 4 is 18.2 Å². The third-order valence-corrected chi connectivity index (χ3v) is 9.42. The summed E-state index contributed by atoms with van der Waals surface area (Å²) in [5, 5.41) is 0. The van der Waals surface area contributed by atoms with Gasteiger partial charge in [0, 0.05) is 11.2 Å². The van der Waals surface area contributed by atoms with E-state index in [1.165, 1.54) is 14.2 Å². The van der Waals surface area contributed by atoms with Crippen molar-refractivity contribution in [1.29, 1.82) is 0 Å². The van der Waals surface area contributed by atoms with E-state index >= 15 is 0 Å². The van der Waals surface area contributed by atoms with Crippen LogP contribution in [0.25, 0.3) is 0 Å². The summed E-state index contributed by atoms with van der Waals surface area (Å²) in [6.45, 7) is 5.64. The molecule has 0 aliphatic heterocycles. The second kappa shape index (κ2) is 9.40. The van der Waals surface area contributed by atoms with Crippen molar-refractivity contribution in [2.24, 2.45) is 0 Å². The predicted octanol–water partition coefficient (Wildman–Crippen LogP) is 6.31. The zero-order chi connectivity index (χ0) is 22.8. The molecule has 1 saturated carbocycles. The van der Waals surface area contributed by atoms with Crippen molar-refractivity contribution < 1.29 is 23.6 Å². The van der Waals surface area contributed by atoms with Crippen LogP contribution in [0.1, 0.15) is 69.5 Å². The summed E-state index contributed by atoms with van der Waals surface area (Å²) in [5.74, 6) is 0.538. The number of hydrogen-bond donors (Lipinski definition) is 0. The Bertz CT molecular complexity index is 1000. The standard InChI is InChI=1S/C25H31O5P/c1-16-14-17(2)22(18(3)15-16)24(26)31(28,19-10-7-6-8-11-19)25(27)23-20(29-4)12-9-13-21(23)30-5/h9,12-15,19H,6-8,10-11H2,1-5H3. The summed E-state index contributed by atoms with van der Waals surface area (Å²) in [4.78, 5) is 28.0. The maximum absolute atomic E-state index is 14.7. The van der Waals surface area contributed by atoms with Gasteiger partial charge in [0.1, 0.15) is 17.1 Å². The van der Waals surface area contributed by atoms with Crippen LogP contribution in [0.4, 0.5) is 0 Å². The molecule has 1 fully saturated rings. The van der Waals surface area contributed by atoms with Crippen LogP contribution in [0.2, 0.25) is 0 Å². The molecule has 1 unspecified atom stereocenters. The average molecular weight is 442 g/mol. The van der Waals surface area contributed by atoms with Crippen molar-refractivity contribution in [2.75, 3.05) is 14.2 Å². The molecule has 0 N–H and O–H groups in total. The Morgan fingerprint density at radius 3 is 1.81 bits per heavy atom. The van der Waals surface area contributed by atoms with Crippen LogP contribution >= 0.6 is 7.14 Å². The fourth-order valence-electron chi connectivity index (χ4n) is 4.78. The molecule has 0 bridgehead atoms. The van der Waals surface area contributed by atoms with E-state index in [9.17, 15) is 14.2 Å². The predicted molar refractivity (Wildman–Crippen MR) is 123 cm³/mol. The van der Waals surface area contributed by atoms with Crippen LogP contribution in [-0.2, 0) is 4.57 Å². The molecule has 0 heterocycles. The molecule has 31 heavy (non-hydrogen) atoms. The number of ether oxygens (including phenoxy) is 2. The van der Waals surface area contributed by atoms with Crippen molar-refractivity contribution in [1.82, 2.24) is 0 Å². The minimum Gasteiger partial charge on any atom is -0.496 e. The Kier molecular flexibility index (Phi) is 7.06. The average Bonchev–Trinajstić information content (AvgIpc) is 2.77. The third kappa shape index (κ3) is 4.21. The normalized spacial score (nSPS) is 16.4. The van der Waals surface area contributed by atoms with E-state index in [-0.39, 0.29) is 17.1 Å². The molecule has 0 amide bonds. The fraction of sp³-hybridized carbons (Fsp3) is 0.440. The van der Waals surface area contributed by atoms with Gasteiger partial charge in [0.05, 0.1) is 14.2 Å². The molecule has 0 saturated heterocycles. The molecular weight excluding hydrogens is 411 g/mol. The molecule has 5 nitrogen and oxygen atoms in total. The van der Waals surface area contributed by atoms with Gasteiger partial charge in [-0.25, -0.2) is 0 Å². The van der Waals surface area contributed by atoms with Gasteiger partial charge in [-0.05, 0) is 56.9 Å². The topological polar surface area (TPSA) is 69.7 Å². The van der Waals surface area contributed by atoms with Crippen molar-refractivity contribution in [3.8, 4) is 11.5 Å². The highest BCUT2D eigenvalue weighted by atomic mass is 31.2. The molecule has 1 aliphatic rings. The maximum Gasteiger partial charge on any atom is 0.236 e. The Balaban J connectivity index is 2.24. The van der Waals surface area contributed by atoms with Gasteiger partial charge in [-0.3, -0.25) is 9.59 Å². The first kappa shape index (κ1) is 23.3. The van der Waals surface area contributed by atoms with E-state index in [0.717, 1.165) is 36.0 Å². The lowest BCUT2D eigenvalue weighted by Gasteiger charge is -2.30. The van der Waals surface area contributed by atoms with E-state index in [0.29, 0.717) is 18.4 Å². The van der Waals surface area contributed by atoms with E-state index in [1.807, 2.05) is 32.9 Å². The molecule has 0 radical (unpaired) electrons. The second-order valence-electron chi connectivity index (χ2n) is 8.37. The summed E-state index contributed by atoms with van der Waals surface area (Å²) in [6, 6.07) is 8.77. The smallest absolute Gasteiger partial charge is 0.236 e. The second-order valence-corrected chi connectivity index (χ2v) is 11.2. The third-order valence-electron chi connectivity index (χ3n) is 6.22. The van der Waals surface area contributed by atoms with Gasteiger partial charge in [0.25, 0.3) is 0 Å². The summed E-state index contributed by atoms with van der Waals surface area (Å²) in [5.41, 5.74) is 1.37. The van der Waals surface area contributed by atoms with Gasteiger partial charge in [-0.15, -0.1) is 0 Å². The maximum atomic E-state index is 14.7. The highest BCUT2D eigenvalue weighted by Gasteiger charge is 2.49. The molecular formula is C25H31O5P. The molecule has 0 aromatic heterocycles. The molecule has 6 heteroatoms. The van der Waals surface area contributed by atoms with E-state index in [4.69, 9.17) is 9.47 Å². The van der Waals surface area contributed by atoms with Gasteiger partial charge in [0.15, 0.2) is 0 Å². The van der Waals surface area contributed by atoms with Gasteiger partial charge in [0.2, 0.25) is 18.2 Å². The van der Waals surface area contributed by atoms with E-state index in [2.05, 4.69) is 0 Å². The lowest BCUT2D eigenvalue weighted by molar-refractivity contribution is 0.103. The Hall–Kier alpha value is -2.39. The number of methoxy groups -OCH3 is 2. The zero-order valence-corrected chi connectivity index (χ0v) is 19.9.